The summed E-state index contributed by atoms with van der Waals surface area (Å²) in [4.78, 5) is 57.4. The van der Waals surface area contributed by atoms with Gasteiger partial charge in [0.05, 0.1) is 22.5 Å². The predicted molar refractivity (Wildman–Crippen MR) is 164 cm³/mol. The number of nitrogens with zero attached hydrogens (tertiary/aromatic N) is 3. The molecule has 0 N–H and O–H groups in total. The van der Waals surface area contributed by atoms with Gasteiger partial charge in [0, 0.05) is 28.5 Å². The first-order valence-electron chi connectivity index (χ1n) is 14.9. The molecule has 0 fully saturated rings. The van der Waals surface area contributed by atoms with Crippen LogP contribution in [-0.2, 0) is 4.74 Å². The van der Waals surface area contributed by atoms with Crippen LogP contribution in [-0.4, -0.2) is 46.4 Å². The van der Waals surface area contributed by atoms with Crippen LogP contribution in [0.5, 0.6) is 0 Å². The molecular weight excluding hydrogens is 542 g/mol. The fourth-order valence-electron chi connectivity index (χ4n) is 6.07. The van der Waals surface area contributed by atoms with Crippen LogP contribution in [0, 0.1) is 0 Å². The lowest BCUT2D eigenvalue weighted by molar-refractivity contribution is -0.0359. The van der Waals surface area contributed by atoms with Crippen LogP contribution in [0.3, 0.4) is 0 Å². The molecule has 43 heavy (non-hydrogen) atoms. The molecular formula is C35H33N3O5. The number of benzene rings is 4. The molecule has 2 heterocycles. The first-order chi connectivity index (χ1) is 21.0. The molecule has 4 aromatic carbocycles. The van der Waals surface area contributed by atoms with Crippen LogP contribution in [0.15, 0.2) is 84.9 Å². The molecule has 1 atom stereocenters. The highest BCUT2D eigenvalue weighted by Gasteiger charge is 2.43. The van der Waals surface area contributed by atoms with Crippen molar-refractivity contribution in [1.29, 1.82) is 0 Å². The Hall–Kier alpha value is -4.82. The standard InChI is InChI=1S/C35H33N3O5/c1-3-5-6-13-18-29(43-4-2)36-32(39)25-19-21-27-31-28(22-20-26(30(25)31)33(36)40)35(42)38(34(27)41)37(23-14-9-7-10-15-23)24-16-11-8-12-17-24/h7-12,14-17,19-22,29H,3-6,13,18H2,1-2H3. The van der Waals surface area contributed by atoms with Gasteiger partial charge in [-0.2, -0.15) is 5.01 Å². The SMILES string of the molecule is CCCCCCC(OCC)N1C(=O)c2ccc3c4c(ccc(c24)C1=O)C(=O)N(N(c1ccccc1)c1ccccc1)C3=O. The number of rotatable bonds is 11. The monoisotopic (exact) mass is 575 g/mol. The summed E-state index contributed by atoms with van der Waals surface area (Å²) in [5, 5.41) is 3.40. The number of carbonyl (C=O) groups excluding carboxylic acids is 4. The van der Waals surface area contributed by atoms with Crippen molar-refractivity contribution in [2.75, 3.05) is 11.6 Å². The van der Waals surface area contributed by atoms with E-state index in [1.165, 1.54) is 4.90 Å². The average Bonchev–Trinajstić information content (AvgIpc) is 3.03. The largest absolute Gasteiger partial charge is 0.358 e. The summed E-state index contributed by atoms with van der Waals surface area (Å²) in [5.74, 6) is -2.04. The number of hydrazine groups is 1. The van der Waals surface area contributed by atoms with Gasteiger partial charge in [0.1, 0.15) is 6.23 Å². The lowest BCUT2D eigenvalue weighted by Crippen LogP contribution is -2.51. The van der Waals surface area contributed by atoms with Gasteiger partial charge in [0.2, 0.25) is 0 Å². The van der Waals surface area contributed by atoms with E-state index in [9.17, 15) is 19.2 Å². The highest BCUT2D eigenvalue weighted by molar-refractivity contribution is 6.33. The van der Waals surface area contributed by atoms with E-state index in [2.05, 4.69) is 6.92 Å². The summed E-state index contributed by atoms with van der Waals surface area (Å²) in [6.07, 6.45) is 3.80. The van der Waals surface area contributed by atoms with Crippen molar-refractivity contribution in [2.45, 2.75) is 52.2 Å². The zero-order valence-electron chi connectivity index (χ0n) is 24.3. The number of hydrogen-bond donors (Lipinski definition) is 0. The van der Waals surface area contributed by atoms with Crippen LogP contribution >= 0.6 is 0 Å². The number of anilines is 2. The molecule has 218 valence electrons. The zero-order valence-corrected chi connectivity index (χ0v) is 24.3. The molecule has 8 nitrogen and oxygen atoms in total. The first kappa shape index (κ1) is 28.3. The molecule has 0 saturated heterocycles. The van der Waals surface area contributed by atoms with Gasteiger partial charge in [-0.05, 0) is 68.3 Å². The number of para-hydroxylation sites is 2. The molecule has 4 amide bonds. The highest BCUT2D eigenvalue weighted by atomic mass is 16.5. The van der Waals surface area contributed by atoms with Crippen LogP contribution in [0.2, 0.25) is 0 Å². The van der Waals surface area contributed by atoms with Gasteiger partial charge in [0.15, 0.2) is 0 Å². The van der Waals surface area contributed by atoms with Gasteiger partial charge in [-0.1, -0.05) is 62.6 Å². The van der Waals surface area contributed by atoms with Gasteiger partial charge >= 0.3 is 0 Å². The fraction of sp³-hybridized carbons (Fsp3) is 0.257. The van der Waals surface area contributed by atoms with E-state index in [-0.39, 0.29) is 22.3 Å². The van der Waals surface area contributed by atoms with Crippen molar-refractivity contribution in [2.24, 2.45) is 0 Å². The van der Waals surface area contributed by atoms with Gasteiger partial charge in [-0.25, -0.2) is 9.91 Å². The maximum Gasteiger partial charge on any atom is 0.280 e. The smallest absolute Gasteiger partial charge is 0.280 e. The molecule has 0 aromatic heterocycles. The Bertz CT molecular complexity index is 1610. The minimum atomic E-state index is -0.693. The number of carbonyl (C=O) groups is 4. The molecule has 0 radical (unpaired) electrons. The Morgan fingerprint density at radius 1 is 0.605 bits per heavy atom. The number of unbranched alkanes of at least 4 members (excludes halogenated alkanes) is 3. The maximum absolute atomic E-state index is 14.2. The number of amides is 4. The van der Waals surface area contributed by atoms with Crippen molar-refractivity contribution in [3.8, 4) is 0 Å². The lowest BCUT2D eigenvalue weighted by atomic mass is 9.86. The van der Waals surface area contributed by atoms with Crippen LogP contribution in [0.1, 0.15) is 87.4 Å². The molecule has 0 bridgehead atoms. The summed E-state index contributed by atoms with van der Waals surface area (Å²) >= 11 is 0. The van der Waals surface area contributed by atoms with Gasteiger partial charge < -0.3 is 4.74 Å². The maximum atomic E-state index is 14.2. The number of imide groups is 2. The second-order valence-corrected chi connectivity index (χ2v) is 10.7. The summed E-state index contributed by atoms with van der Waals surface area (Å²) in [7, 11) is 0. The number of ether oxygens (including phenoxy) is 1. The normalized spacial score (nSPS) is 14.9. The molecule has 0 spiro atoms. The second kappa shape index (κ2) is 11.8. The fourth-order valence-corrected chi connectivity index (χ4v) is 6.07. The van der Waals surface area contributed by atoms with E-state index in [1.54, 1.807) is 29.3 Å². The van der Waals surface area contributed by atoms with Crippen molar-refractivity contribution < 1.29 is 23.9 Å². The summed E-state index contributed by atoms with van der Waals surface area (Å²) in [6.45, 7) is 4.32. The predicted octanol–water partition coefficient (Wildman–Crippen LogP) is 7.12. The molecule has 1 unspecified atom stereocenters. The van der Waals surface area contributed by atoms with Crippen LogP contribution in [0.4, 0.5) is 11.4 Å². The minimum Gasteiger partial charge on any atom is -0.358 e. The quantitative estimate of drug-likeness (QED) is 0.140. The minimum absolute atomic E-state index is 0.252. The molecule has 6 rings (SSSR count). The van der Waals surface area contributed by atoms with E-state index in [0.29, 0.717) is 35.2 Å². The van der Waals surface area contributed by atoms with E-state index >= 15 is 0 Å². The zero-order chi connectivity index (χ0) is 30.1. The highest BCUT2D eigenvalue weighted by Crippen LogP contribution is 2.40. The van der Waals surface area contributed by atoms with E-state index < -0.39 is 29.9 Å². The Morgan fingerprint density at radius 3 is 1.51 bits per heavy atom. The third kappa shape index (κ3) is 4.77. The molecule has 2 aliphatic rings. The number of hydrogen-bond acceptors (Lipinski definition) is 6. The third-order valence-corrected chi connectivity index (χ3v) is 8.06. The first-order valence-corrected chi connectivity index (χ1v) is 14.9. The Kier molecular flexibility index (Phi) is 7.78. The Balaban J connectivity index is 1.44. The van der Waals surface area contributed by atoms with Crippen LogP contribution < -0.4 is 5.01 Å². The summed E-state index contributed by atoms with van der Waals surface area (Å²) in [6, 6.07) is 24.7. The summed E-state index contributed by atoms with van der Waals surface area (Å²) < 4.78 is 5.92. The molecule has 4 aromatic rings. The Labute approximate surface area is 250 Å². The molecule has 0 saturated carbocycles. The van der Waals surface area contributed by atoms with E-state index in [1.807, 2.05) is 67.6 Å². The topological polar surface area (TPSA) is 87.2 Å². The second-order valence-electron chi connectivity index (χ2n) is 10.7. The van der Waals surface area contributed by atoms with E-state index in [0.717, 1.165) is 30.7 Å². The molecule has 2 aliphatic heterocycles. The Morgan fingerprint density at radius 2 is 1.07 bits per heavy atom. The molecule has 8 heteroatoms. The summed E-state index contributed by atoms with van der Waals surface area (Å²) in [5.41, 5.74) is 2.33. The molecule has 0 aliphatic carbocycles. The van der Waals surface area contributed by atoms with Crippen molar-refractivity contribution >= 4 is 45.8 Å². The van der Waals surface area contributed by atoms with Gasteiger partial charge in [-0.15, -0.1) is 0 Å². The third-order valence-electron chi connectivity index (χ3n) is 8.06. The van der Waals surface area contributed by atoms with Gasteiger partial charge in [0.25, 0.3) is 23.6 Å². The van der Waals surface area contributed by atoms with Crippen molar-refractivity contribution in [3.63, 3.8) is 0 Å². The van der Waals surface area contributed by atoms with E-state index in [4.69, 9.17) is 4.74 Å². The van der Waals surface area contributed by atoms with Crippen LogP contribution in [0.25, 0.3) is 10.8 Å². The lowest BCUT2D eigenvalue weighted by Gasteiger charge is -2.39. The van der Waals surface area contributed by atoms with Crippen molar-refractivity contribution in [3.05, 3.63) is 107 Å². The van der Waals surface area contributed by atoms with Crippen molar-refractivity contribution in [1.82, 2.24) is 9.91 Å². The van der Waals surface area contributed by atoms with Gasteiger partial charge in [-0.3, -0.25) is 19.2 Å². The average molecular weight is 576 g/mol.